The Kier molecular flexibility index (Phi) is 5.43. The van der Waals surface area contributed by atoms with E-state index in [9.17, 15) is 9.59 Å². The van der Waals surface area contributed by atoms with Crippen molar-refractivity contribution in [3.63, 3.8) is 0 Å². The summed E-state index contributed by atoms with van der Waals surface area (Å²) in [6, 6.07) is 9.85. The van der Waals surface area contributed by atoms with E-state index in [-0.39, 0.29) is 17.9 Å². The minimum Gasteiger partial charge on any atom is -0.363 e. The number of hydrogen-bond donors (Lipinski definition) is 1. The van der Waals surface area contributed by atoms with Gasteiger partial charge in [-0.05, 0) is 25.8 Å². The molecule has 2 amide bonds. The second-order valence-corrected chi connectivity index (χ2v) is 7.54. The summed E-state index contributed by atoms with van der Waals surface area (Å²) in [5.41, 5.74) is 1.96. The summed E-state index contributed by atoms with van der Waals surface area (Å²) in [6.45, 7) is 2.84. The van der Waals surface area contributed by atoms with Crippen LogP contribution in [0.4, 0.5) is 0 Å². The van der Waals surface area contributed by atoms with Crippen molar-refractivity contribution in [2.75, 3.05) is 33.2 Å². The fourth-order valence-electron chi connectivity index (χ4n) is 4.42. The minimum absolute atomic E-state index is 0.0442. The van der Waals surface area contributed by atoms with Crippen LogP contribution >= 0.6 is 0 Å². The molecule has 2 aliphatic heterocycles. The number of benzene rings is 1. The van der Waals surface area contributed by atoms with Crippen LogP contribution in [0, 0.1) is 5.92 Å². The summed E-state index contributed by atoms with van der Waals surface area (Å²) in [5.74, 6) is 0.520. The van der Waals surface area contributed by atoms with Crippen LogP contribution in [-0.4, -0.2) is 66.0 Å². The first kappa shape index (κ1) is 18.7. The normalized spacial score (nSPS) is 22.2. The summed E-state index contributed by atoms with van der Waals surface area (Å²) in [6.07, 6.45) is 3.67. The van der Waals surface area contributed by atoms with Gasteiger partial charge in [-0.3, -0.25) is 9.59 Å². The van der Waals surface area contributed by atoms with Crippen LogP contribution < -0.4 is 5.32 Å². The van der Waals surface area contributed by atoms with Gasteiger partial charge in [0.2, 0.25) is 5.91 Å². The van der Waals surface area contributed by atoms with E-state index in [0.29, 0.717) is 36.7 Å². The molecule has 7 heteroatoms. The molecule has 2 aromatic rings. The molecule has 2 aliphatic rings. The van der Waals surface area contributed by atoms with Crippen molar-refractivity contribution in [3.05, 3.63) is 42.2 Å². The summed E-state index contributed by atoms with van der Waals surface area (Å²) < 4.78 is 5.14. The van der Waals surface area contributed by atoms with Crippen LogP contribution in [0.3, 0.4) is 0 Å². The van der Waals surface area contributed by atoms with Gasteiger partial charge in [-0.1, -0.05) is 35.5 Å². The highest BCUT2D eigenvalue weighted by molar-refractivity contribution is 5.99. The summed E-state index contributed by atoms with van der Waals surface area (Å²) in [5, 5.41) is 7.18. The maximum atomic E-state index is 13.2. The molecule has 28 heavy (non-hydrogen) atoms. The number of nitrogens with one attached hydrogen (secondary N) is 1. The first-order valence-electron chi connectivity index (χ1n) is 9.92. The molecule has 7 nitrogen and oxygen atoms in total. The lowest BCUT2D eigenvalue weighted by Gasteiger charge is -2.47. The van der Waals surface area contributed by atoms with Gasteiger partial charge in [-0.15, -0.1) is 0 Å². The highest BCUT2D eigenvalue weighted by atomic mass is 16.5. The number of likely N-dealkylation sites (N-methyl/N-ethyl adjacent to an activating group) is 1. The zero-order valence-electron chi connectivity index (χ0n) is 16.1. The average Bonchev–Trinajstić information content (AvgIpc) is 3.23. The van der Waals surface area contributed by atoms with Crippen molar-refractivity contribution in [1.82, 2.24) is 20.3 Å². The molecule has 0 radical (unpaired) electrons. The monoisotopic (exact) mass is 382 g/mol. The number of rotatable bonds is 5. The Balaban J connectivity index is 1.49. The lowest BCUT2D eigenvalue weighted by atomic mass is 9.83. The highest BCUT2D eigenvalue weighted by Gasteiger charge is 2.40. The third-order valence-electron chi connectivity index (χ3n) is 5.88. The largest absolute Gasteiger partial charge is 0.363 e. The second kappa shape index (κ2) is 8.14. The molecule has 0 saturated carbocycles. The molecule has 1 aromatic carbocycles. The predicted octanol–water partition coefficient (Wildman–Crippen LogP) is 2.01. The van der Waals surface area contributed by atoms with Gasteiger partial charge >= 0.3 is 0 Å². The third-order valence-corrected chi connectivity index (χ3v) is 5.88. The molecule has 0 bridgehead atoms. The Morgan fingerprint density at radius 1 is 1.29 bits per heavy atom. The number of fused-ring (bicyclic) bond motifs is 1. The first-order valence-corrected chi connectivity index (χ1v) is 9.92. The fraction of sp³-hybridized carbons (Fsp3) is 0.476. The van der Waals surface area contributed by atoms with Gasteiger partial charge in [-0.2, -0.15) is 0 Å². The van der Waals surface area contributed by atoms with Crippen molar-refractivity contribution >= 4 is 11.8 Å². The van der Waals surface area contributed by atoms with E-state index in [1.54, 1.807) is 0 Å². The predicted molar refractivity (Wildman–Crippen MR) is 105 cm³/mol. The number of nitrogens with zero attached hydrogens (tertiary/aromatic N) is 3. The molecular formula is C21H26N4O3. The van der Waals surface area contributed by atoms with Crippen LogP contribution in [0.5, 0.6) is 0 Å². The topological polar surface area (TPSA) is 78.7 Å². The third kappa shape index (κ3) is 3.54. The van der Waals surface area contributed by atoms with Gasteiger partial charge in [0.15, 0.2) is 0 Å². The molecule has 0 unspecified atom stereocenters. The summed E-state index contributed by atoms with van der Waals surface area (Å²) >= 11 is 0. The number of piperidine rings is 2. The van der Waals surface area contributed by atoms with Crippen molar-refractivity contribution in [2.45, 2.75) is 25.3 Å². The molecule has 0 spiro atoms. The standard InChI is InChI=1S/C21H26N4O3/c1-22-10-12-25-18-9-11-24(13-16(18)7-8-19(25)26)21(27)17-14-28-23-20(17)15-5-3-2-4-6-15/h2-6,14,16,18,22H,7-13H2,1H3/t16-,18+/m0/s1. The van der Waals surface area contributed by atoms with Gasteiger partial charge in [0.05, 0.1) is 0 Å². The average molecular weight is 382 g/mol. The fourth-order valence-corrected chi connectivity index (χ4v) is 4.42. The molecule has 4 rings (SSSR count). The Morgan fingerprint density at radius 3 is 2.89 bits per heavy atom. The van der Waals surface area contributed by atoms with E-state index in [1.165, 1.54) is 6.26 Å². The van der Waals surface area contributed by atoms with Gasteiger partial charge in [0.25, 0.3) is 5.91 Å². The maximum Gasteiger partial charge on any atom is 0.259 e. The van der Waals surface area contributed by atoms with Crippen molar-refractivity contribution < 1.29 is 14.1 Å². The van der Waals surface area contributed by atoms with E-state index in [0.717, 1.165) is 31.5 Å². The van der Waals surface area contributed by atoms with E-state index in [4.69, 9.17) is 4.52 Å². The minimum atomic E-state index is -0.0442. The van der Waals surface area contributed by atoms with Gasteiger partial charge in [0.1, 0.15) is 17.5 Å². The molecule has 1 N–H and O–H groups in total. The van der Waals surface area contributed by atoms with Crippen LogP contribution in [0.15, 0.2) is 41.1 Å². The van der Waals surface area contributed by atoms with E-state index >= 15 is 0 Å². The second-order valence-electron chi connectivity index (χ2n) is 7.54. The number of carbonyl (C=O) groups is 2. The summed E-state index contributed by atoms with van der Waals surface area (Å²) in [4.78, 5) is 29.4. The zero-order chi connectivity index (χ0) is 19.5. The SMILES string of the molecule is CNCCN1C(=O)CC[C@H]2CN(C(=O)c3conc3-c3ccccc3)CC[C@H]21. The summed E-state index contributed by atoms with van der Waals surface area (Å²) in [7, 11) is 1.90. The van der Waals surface area contributed by atoms with Gasteiger partial charge in [-0.25, -0.2) is 0 Å². The van der Waals surface area contributed by atoms with Crippen molar-refractivity contribution in [2.24, 2.45) is 5.92 Å². The molecule has 1 aromatic heterocycles. The first-order chi connectivity index (χ1) is 13.7. The molecule has 3 heterocycles. The van der Waals surface area contributed by atoms with E-state index < -0.39 is 0 Å². The molecule has 2 fully saturated rings. The Hall–Kier alpha value is -2.67. The molecule has 0 aliphatic carbocycles. The number of carbonyl (C=O) groups excluding carboxylic acids is 2. The van der Waals surface area contributed by atoms with E-state index in [2.05, 4.69) is 10.5 Å². The van der Waals surface area contributed by atoms with Crippen LogP contribution in [-0.2, 0) is 4.79 Å². The molecule has 148 valence electrons. The van der Waals surface area contributed by atoms with Gasteiger partial charge < -0.3 is 19.6 Å². The molecular weight excluding hydrogens is 356 g/mol. The quantitative estimate of drug-likeness (QED) is 0.856. The molecule has 2 atom stereocenters. The lowest BCUT2D eigenvalue weighted by molar-refractivity contribution is -0.140. The van der Waals surface area contributed by atoms with Crippen LogP contribution in [0.1, 0.15) is 29.6 Å². The van der Waals surface area contributed by atoms with E-state index in [1.807, 2.05) is 47.2 Å². The Morgan fingerprint density at radius 2 is 2.11 bits per heavy atom. The van der Waals surface area contributed by atoms with Crippen molar-refractivity contribution in [3.8, 4) is 11.3 Å². The highest BCUT2D eigenvalue weighted by Crippen LogP contribution is 2.32. The number of amides is 2. The lowest BCUT2D eigenvalue weighted by Crippen LogP contribution is -2.57. The number of likely N-dealkylation sites (tertiary alicyclic amines) is 2. The van der Waals surface area contributed by atoms with Crippen molar-refractivity contribution in [1.29, 1.82) is 0 Å². The van der Waals surface area contributed by atoms with Crippen LogP contribution in [0.2, 0.25) is 0 Å². The Labute approximate surface area is 164 Å². The smallest absolute Gasteiger partial charge is 0.259 e. The van der Waals surface area contributed by atoms with Gasteiger partial charge in [0, 0.05) is 44.2 Å². The number of aromatic nitrogens is 1. The maximum absolute atomic E-state index is 13.2. The Bertz CT molecular complexity index is 835. The zero-order valence-corrected chi connectivity index (χ0v) is 16.1. The number of hydrogen-bond acceptors (Lipinski definition) is 5. The molecule has 2 saturated heterocycles. The van der Waals surface area contributed by atoms with Crippen LogP contribution in [0.25, 0.3) is 11.3 Å².